The van der Waals surface area contributed by atoms with E-state index in [-0.39, 0.29) is 26.3 Å². The summed E-state index contributed by atoms with van der Waals surface area (Å²) >= 11 is 0. The Hall–Kier alpha value is -1.18. The van der Waals surface area contributed by atoms with Crippen molar-refractivity contribution < 1.29 is 19.4 Å². The molecule has 0 aliphatic carbocycles. The van der Waals surface area contributed by atoms with Gasteiger partial charge in [0.2, 0.25) is 11.8 Å². The van der Waals surface area contributed by atoms with Crippen LogP contribution >= 0.6 is 0 Å². The third-order valence-electron chi connectivity index (χ3n) is 1.58. The summed E-state index contributed by atoms with van der Waals surface area (Å²) in [6, 6.07) is -0.461. The minimum absolute atomic E-state index is 0.157. The predicted octanol–water partition coefficient (Wildman–Crippen LogP) is -2.82. The van der Waals surface area contributed by atoms with Crippen LogP contribution in [0.5, 0.6) is 0 Å². The molecule has 0 fully saturated rings. The molecule has 7 heteroatoms. The van der Waals surface area contributed by atoms with Gasteiger partial charge in [0.05, 0.1) is 32.3 Å². The van der Waals surface area contributed by atoms with E-state index in [0.717, 1.165) is 0 Å². The number of nitrogens with one attached hydrogen (secondary N) is 2. The highest BCUT2D eigenvalue weighted by Gasteiger charge is 2.11. The molecule has 0 saturated carbocycles. The minimum atomic E-state index is -0.461. The van der Waals surface area contributed by atoms with Crippen molar-refractivity contribution in [2.24, 2.45) is 5.73 Å². The van der Waals surface area contributed by atoms with Gasteiger partial charge in [-0.3, -0.25) is 9.59 Å². The van der Waals surface area contributed by atoms with Crippen molar-refractivity contribution >= 4 is 11.8 Å². The fourth-order valence-corrected chi connectivity index (χ4v) is 0.871. The highest BCUT2D eigenvalue weighted by Crippen LogP contribution is 1.82. The molecule has 7 nitrogen and oxygen atoms in total. The highest BCUT2D eigenvalue weighted by atomic mass is 16.5. The van der Waals surface area contributed by atoms with Crippen LogP contribution in [0.15, 0.2) is 0 Å². The summed E-state index contributed by atoms with van der Waals surface area (Å²) in [5.74, 6) is -0.801. The molecular formula is C8H17N3O4. The zero-order chi connectivity index (χ0) is 11.7. The first-order valence-corrected chi connectivity index (χ1v) is 4.50. The number of amides is 2. The van der Waals surface area contributed by atoms with Gasteiger partial charge in [-0.2, -0.15) is 0 Å². The van der Waals surface area contributed by atoms with Crippen LogP contribution in [0.2, 0.25) is 0 Å². The fourth-order valence-electron chi connectivity index (χ4n) is 0.871. The van der Waals surface area contributed by atoms with Crippen molar-refractivity contribution in [2.45, 2.75) is 6.04 Å². The lowest BCUT2D eigenvalue weighted by atomic mass is 10.3. The molecule has 0 aromatic rings. The third kappa shape index (κ3) is 6.83. The quantitative estimate of drug-likeness (QED) is 0.369. The lowest BCUT2D eigenvalue weighted by Crippen LogP contribution is -2.46. The van der Waals surface area contributed by atoms with Gasteiger partial charge >= 0.3 is 0 Å². The molecule has 88 valence electrons. The van der Waals surface area contributed by atoms with Gasteiger partial charge in [0, 0.05) is 7.11 Å². The van der Waals surface area contributed by atoms with Crippen molar-refractivity contribution in [1.29, 1.82) is 0 Å². The molecule has 0 heterocycles. The van der Waals surface area contributed by atoms with Gasteiger partial charge in [-0.15, -0.1) is 0 Å². The Morgan fingerprint density at radius 1 is 1.47 bits per heavy atom. The summed E-state index contributed by atoms with van der Waals surface area (Å²) < 4.78 is 4.76. The molecule has 0 aliphatic heterocycles. The van der Waals surface area contributed by atoms with Gasteiger partial charge in [0.25, 0.3) is 0 Å². The Morgan fingerprint density at radius 2 is 2.13 bits per heavy atom. The number of hydrogen-bond acceptors (Lipinski definition) is 5. The molecule has 0 aliphatic rings. The second-order valence-corrected chi connectivity index (χ2v) is 2.88. The SMILES string of the molecule is COCC(CO)NC(=O)CNC(=O)CN. The number of carbonyl (C=O) groups excluding carboxylic acids is 2. The molecule has 0 aromatic heterocycles. The van der Waals surface area contributed by atoms with E-state index < -0.39 is 17.9 Å². The molecule has 0 saturated heterocycles. The van der Waals surface area contributed by atoms with Crippen LogP contribution < -0.4 is 16.4 Å². The molecule has 0 radical (unpaired) electrons. The minimum Gasteiger partial charge on any atom is -0.394 e. The molecule has 0 rings (SSSR count). The zero-order valence-corrected chi connectivity index (χ0v) is 8.66. The van der Waals surface area contributed by atoms with Crippen LogP contribution in [0.25, 0.3) is 0 Å². The molecule has 5 N–H and O–H groups in total. The fraction of sp³-hybridized carbons (Fsp3) is 0.750. The molecule has 0 spiro atoms. The summed E-state index contributed by atoms with van der Waals surface area (Å²) in [5, 5.41) is 13.6. The summed E-state index contributed by atoms with van der Waals surface area (Å²) in [7, 11) is 1.46. The van der Waals surface area contributed by atoms with Crippen molar-refractivity contribution in [3.8, 4) is 0 Å². The van der Waals surface area contributed by atoms with E-state index in [9.17, 15) is 9.59 Å². The van der Waals surface area contributed by atoms with Crippen molar-refractivity contribution in [1.82, 2.24) is 10.6 Å². The van der Waals surface area contributed by atoms with Gasteiger partial charge in [0.1, 0.15) is 0 Å². The number of nitrogens with two attached hydrogens (primary N) is 1. The molecule has 1 unspecified atom stereocenters. The molecule has 1 atom stereocenters. The second-order valence-electron chi connectivity index (χ2n) is 2.88. The Bertz CT molecular complexity index is 210. The van der Waals surface area contributed by atoms with Crippen LogP contribution in [0.1, 0.15) is 0 Å². The maximum absolute atomic E-state index is 11.2. The van der Waals surface area contributed by atoms with E-state index in [0.29, 0.717) is 0 Å². The van der Waals surface area contributed by atoms with Crippen LogP contribution in [0.4, 0.5) is 0 Å². The maximum Gasteiger partial charge on any atom is 0.239 e. The summed E-state index contributed by atoms with van der Waals surface area (Å²) in [4.78, 5) is 21.9. The number of ether oxygens (including phenoxy) is 1. The third-order valence-corrected chi connectivity index (χ3v) is 1.58. The normalized spacial score (nSPS) is 11.9. The molecule has 0 aromatic carbocycles. The largest absolute Gasteiger partial charge is 0.394 e. The van der Waals surface area contributed by atoms with Crippen molar-refractivity contribution in [3.63, 3.8) is 0 Å². The molecule has 2 amide bonds. The van der Waals surface area contributed by atoms with E-state index in [1.54, 1.807) is 0 Å². The first-order chi connectivity index (χ1) is 7.13. The number of hydrogen-bond donors (Lipinski definition) is 4. The topological polar surface area (TPSA) is 114 Å². The average Bonchev–Trinajstić information content (AvgIpc) is 2.25. The van der Waals surface area contributed by atoms with Gasteiger partial charge in [-0.05, 0) is 0 Å². The molecular weight excluding hydrogens is 202 g/mol. The summed E-state index contributed by atoms with van der Waals surface area (Å²) in [6.45, 7) is -0.317. The highest BCUT2D eigenvalue weighted by molar-refractivity contribution is 5.85. The van der Waals surface area contributed by atoms with Gasteiger partial charge in [0.15, 0.2) is 0 Å². The van der Waals surface area contributed by atoms with E-state index in [4.69, 9.17) is 15.6 Å². The first kappa shape index (κ1) is 13.8. The number of carbonyl (C=O) groups is 2. The van der Waals surface area contributed by atoms with Crippen molar-refractivity contribution in [3.05, 3.63) is 0 Å². The van der Waals surface area contributed by atoms with Gasteiger partial charge in [-0.1, -0.05) is 0 Å². The second kappa shape index (κ2) is 8.16. The number of rotatable bonds is 7. The van der Waals surface area contributed by atoms with E-state index in [1.165, 1.54) is 7.11 Å². The van der Waals surface area contributed by atoms with Crippen LogP contribution in [-0.4, -0.2) is 56.4 Å². The van der Waals surface area contributed by atoms with Gasteiger partial charge < -0.3 is 26.2 Å². The summed E-state index contributed by atoms with van der Waals surface area (Å²) in [6.07, 6.45) is 0. The van der Waals surface area contributed by atoms with Crippen molar-refractivity contribution in [2.75, 3.05) is 33.4 Å². The van der Waals surface area contributed by atoms with E-state index in [1.807, 2.05) is 0 Å². The van der Waals surface area contributed by atoms with Crippen LogP contribution in [-0.2, 0) is 14.3 Å². The maximum atomic E-state index is 11.2. The molecule has 15 heavy (non-hydrogen) atoms. The first-order valence-electron chi connectivity index (χ1n) is 4.50. The smallest absolute Gasteiger partial charge is 0.239 e. The Balaban J connectivity index is 3.75. The Morgan fingerprint density at radius 3 is 2.60 bits per heavy atom. The standard InChI is InChI=1S/C8H17N3O4/c1-15-5-6(4-12)11-8(14)3-10-7(13)2-9/h6,12H,2-5,9H2,1H3,(H,10,13)(H,11,14). The summed E-state index contributed by atoms with van der Waals surface area (Å²) in [5.41, 5.74) is 5.03. The van der Waals surface area contributed by atoms with E-state index in [2.05, 4.69) is 10.6 Å². The Labute approximate surface area is 88.0 Å². The number of methoxy groups -OCH3 is 1. The number of aliphatic hydroxyl groups is 1. The Kier molecular flexibility index (Phi) is 7.51. The van der Waals surface area contributed by atoms with Crippen LogP contribution in [0.3, 0.4) is 0 Å². The predicted molar refractivity (Wildman–Crippen MR) is 53.0 cm³/mol. The van der Waals surface area contributed by atoms with E-state index >= 15 is 0 Å². The lowest BCUT2D eigenvalue weighted by molar-refractivity contribution is -0.126. The zero-order valence-electron chi connectivity index (χ0n) is 8.66. The average molecular weight is 219 g/mol. The monoisotopic (exact) mass is 219 g/mol. The molecule has 0 bridgehead atoms. The van der Waals surface area contributed by atoms with Crippen LogP contribution in [0, 0.1) is 0 Å². The lowest BCUT2D eigenvalue weighted by Gasteiger charge is -2.15. The number of aliphatic hydroxyl groups excluding tert-OH is 1. The van der Waals surface area contributed by atoms with Gasteiger partial charge in [-0.25, -0.2) is 0 Å².